The molecule has 0 unspecified atom stereocenters. The molecular weight excluding hydrogens is 204 g/mol. The SMILES string of the molecule is Cc1c(CNc2ccnc(N)n2)cnn1C. The molecule has 6 heteroatoms. The van der Waals surface area contributed by atoms with Gasteiger partial charge in [0, 0.05) is 31.0 Å². The van der Waals surface area contributed by atoms with E-state index in [1.54, 1.807) is 12.3 Å². The molecule has 6 nitrogen and oxygen atoms in total. The third-order valence-electron chi connectivity index (χ3n) is 2.47. The fourth-order valence-electron chi connectivity index (χ4n) is 1.38. The average molecular weight is 218 g/mol. The van der Waals surface area contributed by atoms with Gasteiger partial charge in [-0.2, -0.15) is 10.1 Å². The molecule has 0 aliphatic heterocycles. The number of nitrogen functional groups attached to an aromatic ring is 1. The van der Waals surface area contributed by atoms with Crippen molar-refractivity contribution in [3.8, 4) is 0 Å². The van der Waals surface area contributed by atoms with Crippen molar-refractivity contribution in [1.82, 2.24) is 19.7 Å². The number of nitrogens with two attached hydrogens (primary N) is 1. The molecule has 2 aromatic rings. The van der Waals surface area contributed by atoms with Gasteiger partial charge < -0.3 is 11.1 Å². The van der Waals surface area contributed by atoms with Crippen LogP contribution in [0, 0.1) is 6.92 Å². The van der Waals surface area contributed by atoms with Crippen molar-refractivity contribution >= 4 is 11.8 Å². The van der Waals surface area contributed by atoms with E-state index < -0.39 is 0 Å². The summed E-state index contributed by atoms with van der Waals surface area (Å²) in [6.45, 7) is 2.70. The first-order chi connectivity index (χ1) is 7.66. The lowest BCUT2D eigenvalue weighted by molar-refractivity contribution is 0.738. The molecule has 2 aromatic heterocycles. The van der Waals surface area contributed by atoms with Crippen LogP contribution in [-0.4, -0.2) is 19.7 Å². The molecule has 0 fully saturated rings. The minimum Gasteiger partial charge on any atom is -0.368 e. The molecule has 0 spiro atoms. The van der Waals surface area contributed by atoms with Gasteiger partial charge in [0.2, 0.25) is 5.95 Å². The lowest BCUT2D eigenvalue weighted by Crippen LogP contribution is -2.04. The summed E-state index contributed by atoms with van der Waals surface area (Å²) in [5, 5.41) is 7.34. The van der Waals surface area contributed by atoms with E-state index in [1.807, 2.05) is 24.9 Å². The maximum Gasteiger partial charge on any atom is 0.221 e. The van der Waals surface area contributed by atoms with Crippen molar-refractivity contribution in [1.29, 1.82) is 0 Å². The molecule has 2 rings (SSSR count). The van der Waals surface area contributed by atoms with Crippen molar-refractivity contribution < 1.29 is 0 Å². The molecule has 16 heavy (non-hydrogen) atoms. The number of anilines is 2. The zero-order chi connectivity index (χ0) is 11.5. The predicted octanol–water partition coefficient (Wildman–Crippen LogP) is 0.713. The summed E-state index contributed by atoms with van der Waals surface area (Å²) in [6, 6.07) is 1.78. The second-order valence-corrected chi connectivity index (χ2v) is 3.53. The number of aromatic nitrogens is 4. The van der Waals surface area contributed by atoms with Crippen molar-refractivity contribution in [2.24, 2.45) is 7.05 Å². The smallest absolute Gasteiger partial charge is 0.221 e. The lowest BCUT2D eigenvalue weighted by atomic mass is 10.2. The molecule has 0 aliphatic carbocycles. The first-order valence-corrected chi connectivity index (χ1v) is 4.96. The van der Waals surface area contributed by atoms with Crippen LogP contribution in [0.25, 0.3) is 0 Å². The van der Waals surface area contributed by atoms with Crippen LogP contribution in [0.5, 0.6) is 0 Å². The van der Waals surface area contributed by atoms with E-state index in [4.69, 9.17) is 5.73 Å². The Morgan fingerprint density at radius 1 is 1.50 bits per heavy atom. The Morgan fingerprint density at radius 2 is 2.31 bits per heavy atom. The summed E-state index contributed by atoms with van der Waals surface area (Å²) in [7, 11) is 1.92. The molecule has 0 aromatic carbocycles. The quantitative estimate of drug-likeness (QED) is 0.793. The molecule has 0 bridgehead atoms. The molecule has 84 valence electrons. The maximum absolute atomic E-state index is 5.48. The van der Waals surface area contributed by atoms with Crippen LogP contribution in [-0.2, 0) is 13.6 Å². The molecule has 0 atom stereocenters. The fraction of sp³-hybridized carbons (Fsp3) is 0.300. The van der Waals surface area contributed by atoms with Gasteiger partial charge in [0.05, 0.1) is 6.20 Å². The van der Waals surface area contributed by atoms with E-state index in [-0.39, 0.29) is 5.95 Å². The Bertz CT molecular complexity index is 490. The van der Waals surface area contributed by atoms with Crippen LogP contribution >= 0.6 is 0 Å². The summed E-state index contributed by atoms with van der Waals surface area (Å²) in [5.41, 5.74) is 7.76. The molecule has 0 radical (unpaired) electrons. The minimum absolute atomic E-state index is 0.271. The summed E-state index contributed by atoms with van der Waals surface area (Å²) >= 11 is 0. The highest BCUT2D eigenvalue weighted by Crippen LogP contribution is 2.09. The van der Waals surface area contributed by atoms with E-state index in [2.05, 4.69) is 20.4 Å². The summed E-state index contributed by atoms with van der Waals surface area (Å²) in [5.74, 6) is 0.990. The Labute approximate surface area is 93.5 Å². The average Bonchev–Trinajstić information content (AvgIpc) is 2.57. The largest absolute Gasteiger partial charge is 0.368 e. The summed E-state index contributed by atoms with van der Waals surface area (Å²) in [6.07, 6.45) is 3.47. The molecule has 0 amide bonds. The van der Waals surface area contributed by atoms with E-state index in [9.17, 15) is 0 Å². The zero-order valence-corrected chi connectivity index (χ0v) is 9.31. The monoisotopic (exact) mass is 218 g/mol. The van der Waals surface area contributed by atoms with Gasteiger partial charge in [0.1, 0.15) is 5.82 Å². The van der Waals surface area contributed by atoms with Gasteiger partial charge in [-0.3, -0.25) is 4.68 Å². The van der Waals surface area contributed by atoms with Gasteiger partial charge in [-0.1, -0.05) is 0 Å². The Morgan fingerprint density at radius 3 is 2.94 bits per heavy atom. The second-order valence-electron chi connectivity index (χ2n) is 3.53. The zero-order valence-electron chi connectivity index (χ0n) is 9.31. The Kier molecular flexibility index (Phi) is 2.72. The van der Waals surface area contributed by atoms with Crippen molar-refractivity contribution in [3.05, 3.63) is 29.7 Å². The predicted molar refractivity (Wildman–Crippen MR) is 61.7 cm³/mol. The van der Waals surface area contributed by atoms with Crippen LogP contribution in [0.4, 0.5) is 11.8 Å². The third-order valence-corrected chi connectivity index (χ3v) is 2.47. The number of nitrogens with one attached hydrogen (secondary N) is 1. The number of aryl methyl sites for hydroxylation is 1. The first kappa shape index (κ1) is 10.4. The highest BCUT2D eigenvalue weighted by atomic mass is 15.3. The molecule has 2 heterocycles. The first-order valence-electron chi connectivity index (χ1n) is 4.96. The number of hydrogen-bond acceptors (Lipinski definition) is 5. The highest BCUT2D eigenvalue weighted by molar-refractivity contribution is 5.38. The van der Waals surface area contributed by atoms with Crippen molar-refractivity contribution in [3.63, 3.8) is 0 Å². The molecule has 0 saturated carbocycles. The van der Waals surface area contributed by atoms with Crippen molar-refractivity contribution in [2.45, 2.75) is 13.5 Å². The highest BCUT2D eigenvalue weighted by Gasteiger charge is 2.03. The van der Waals surface area contributed by atoms with Gasteiger partial charge in [-0.05, 0) is 13.0 Å². The van der Waals surface area contributed by atoms with Crippen LogP contribution < -0.4 is 11.1 Å². The third kappa shape index (κ3) is 2.10. The van der Waals surface area contributed by atoms with Crippen LogP contribution in [0.1, 0.15) is 11.3 Å². The van der Waals surface area contributed by atoms with Gasteiger partial charge >= 0.3 is 0 Å². The number of rotatable bonds is 3. The minimum atomic E-state index is 0.271. The number of hydrogen-bond donors (Lipinski definition) is 2. The van der Waals surface area contributed by atoms with E-state index in [1.165, 1.54) is 0 Å². The normalized spacial score (nSPS) is 10.4. The van der Waals surface area contributed by atoms with Crippen LogP contribution in [0.2, 0.25) is 0 Å². The van der Waals surface area contributed by atoms with E-state index in [0.717, 1.165) is 17.1 Å². The summed E-state index contributed by atoms with van der Waals surface area (Å²) in [4.78, 5) is 7.88. The van der Waals surface area contributed by atoms with Gasteiger partial charge in [0.25, 0.3) is 0 Å². The fourth-order valence-corrected chi connectivity index (χ4v) is 1.38. The molecule has 0 saturated heterocycles. The van der Waals surface area contributed by atoms with E-state index in [0.29, 0.717) is 6.54 Å². The number of nitrogens with zero attached hydrogens (tertiary/aromatic N) is 4. The topological polar surface area (TPSA) is 81.7 Å². The van der Waals surface area contributed by atoms with Gasteiger partial charge in [0.15, 0.2) is 0 Å². The van der Waals surface area contributed by atoms with Crippen molar-refractivity contribution in [2.75, 3.05) is 11.1 Å². The molecule has 3 N–H and O–H groups in total. The Balaban J connectivity index is 2.05. The second kappa shape index (κ2) is 4.18. The van der Waals surface area contributed by atoms with Gasteiger partial charge in [-0.15, -0.1) is 0 Å². The molecular formula is C10H14N6. The Hall–Kier alpha value is -2.11. The van der Waals surface area contributed by atoms with Crippen LogP contribution in [0.15, 0.2) is 18.5 Å². The van der Waals surface area contributed by atoms with E-state index >= 15 is 0 Å². The molecule has 0 aliphatic rings. The lowest BCUT2D eigenvalue weighted by Gasteiger charge is -2.05. The maximum atomic E-state index is 5.48. The standard InChI is InChI=1S/C10H14N6/c1-7-8(6-14-16(7)2)5-13-9-3-4-12-10(11)15-9/h3-4,6H,5H2,1-2H3,(H3,11,12,13,15). The van der Waals surface area contributed by atoms with Crippen LogP contribution in [0.3, 0.4) is 0 Å². The van der Waals surface area contributed by atoms with Gasteiger partial charge in [-0.25, -0.2) is 4.98 Å². The summed E-state index contributed by atoms with van der Waals surface area (Å²) < 4.78 is 1.84.